The lowest BCUT2D eigenvalue weighted by atomic mass is 10.2. The second kappa shape index (κ2) is 4.97. The Kier molecular flexibility index (Phi) is 3.40. The number of thiazole rings is 1. The smallest absolute Gasteiger partial charge is 0.112 e. The first kappa shape index (κ1) is 10.9. The van der Waals surface area contributed by atoms with Gasteiger partial charge < -0.3 is 5.32 Å². The average Bonchev–Trinajstić information content (AvgIpc) is 2.79. The number of hydrogen-bond donors (Lipinski definition) is 1. The van der Waals surface area contributed by atoms with E-state index < -0.39 is 0 Å². The molecule has 0 saturated carbocycles. The number of nitriles is 1. The Hall–Kier alpha value is -1.57. The second-order valence-corrected chi connectivity index (χ2v) is 4.44. The molecule has 0 saturated heterocycles. The molecular weight excluding hydrogens is 242 g/mol. The van der Waals surface area contributed by atoms with Crippen LogP contribution in [0, 0.1) is 11.3 Å². The molecule has 3 nitrogen and oxygen atoms in total. The molecule has 1 N–H and O–H groups in total. The molecule has 0 atom stereocenters. The van der Waals surface area contributed by atoms with Gasteiger partial charge in [-0.05, 0) is 12.1 Å². The SMILES string of the molecule is N#Cc1c(Cl)cccc1NCc1nccs1. The fraction of sp³-hybridized carbons (Fsp3) is 0.0909. The topological polar surface area (TPSA) is 48.7 Å². The molecule has 2 aromatic rings. The minimum atomic E-state index is 0.464. The molecule has 1 heterocycles. The normalized spacial score (nSPS) is 9.75. The summed E-state index contributed by atoms with van der Waals surface area (Å²) >= 11 is 7.48. The van der Waals surface area contributed by atoms with E-state index in [0.717, 1.165) is 10.7 Å². The van der Waals surface area contributed by atoms with Crippen molar-refractivity contribution in [2.24, 2.45) is 0 Å². The number of nitrogens with one attached hydrogen (secondary N) is 1. The molecule has 0 aliphatic rings. The van der Waals surface area contributed by atoms with Gasteiger partial charge in [0.1, 0.15) is 11.1 Å². The first-order valence-electron chi connectivity index (χ1n) is 4.62. The quantitative estimate of drug-likeness (QED) is 0.908. The van der Waals surface area contributed by atoms with E-state index in [9.17, 15) is 0 Å². The fourth-order valence-electron chi connectivity index (χ4n) is 1.30. The maximum absolute atomic E-state index is 8.97. The molecule has 0 bridgehead atoms. The molecule has 80 valence electrons. The summed E-state index contributed by atoms with van der Waals surface area (Å²) in [5.41, 5.74) is 1.21. The van der Waals surface area contributed by atoms with Crippen LogP contribution in [0.5, 0.6) is 0 Å². The molecule has 16 heavy (non-hydrogen) atoms. The van der Waals surface area contributed by atoms with Gasteiger partial charge in [0.15, 0.2) is 0 Å². The van der Waals surface area contributed by atoms with E-state index in [2.05, 4.69) is 16.4 Å². The van der Waals surface area contributed by atoms with Crippen molar-refractivity contribution in [2.75, 3.05) is 5.32 Å². The third-order valence-corrected chi connectivity index (χ3v) is 3.13. The van der Waals surface area contributed by atoms with Gasteiger partial charge in [0.2, 0.25) is 0 Å². The van der Waals surface area contributed by atoms with E-state index in [-0.39, 0.29) is 0 Å². The van der Waals surface area contributed by atoms with E-state index in [1.165, 1.54) is 0 Å². The van der Waals surface area contributed by atoms with E-state index in [1.807, 2.05) is 17.5 Å². The molecule has 0 amide bonds. The Balaban J connectivity index is 2.16. The summed E-state index contributed by atoms with van der Waals surface area (Å²) in [6.45, 7) is 0.604. The molecular formula is C11H8ClN3S. The van der Waals surface area contributed by atoms with Crippen LogP contribution in [0.3, 0.4) is 0 Å². The van der Waals surface area contributed by atoms with E-state index in [1.54, 1.807) is 23.6 Å². The first-order valence-corrected chi connectivity index (χ1v) is 5.88. The zero-order valence-electron chi connectivity index (χ0n) is 8.27. The monoisotopic (exact) mass is 249 g/mol. The maximum Gasteiger partial charge on any atom is 0.112 e. The summed E-state index contributed by atoms with van der Waals surface area (Å²) in [7, 11) is 0. The van der Waals surface area contributed by atoms with E-state index in [4.69, 9.17) is 16.9 Å². The Morgan fingerprint density at radius 1 is 1.50 bits per heavy atom. The summed E-state index contributed by atoms with van der Waals surface area (Å²) in [5, 5.41) is 15.5. The number of halogens is 1. The number of rotatable bonds is 3. The third-order valence-electron chi connectivity index (χ3n) is 2.04. The summed E-state index contributed by atoms with van der Waals surface area (Å²) in [4.78, 5) is 4.15. The van der Waals surface area contributed by atoms with E-state index >= 15 is 0 Å². The number of benzene rings is 1. The maximum atomic E-state index is 8.97. The van der Waals surface area contributed by atoms with Gasteiger partial charge in [-0.1, -0.05) is 17.7 Å². The van der Waals surface area contributed by atoms with Crippen molar-refractivity contribution in [1.82, 2.24) is 4.98 Å². The highest BCUT2D eigenvalue weighted by atomic mass is 35.5. The van der Waals surface area contributed by atoms with Crippen LogP contribution in [0.15, 0.2) is 29.8 Å². The molecule has 0 radical (unpaired) electrons. The first-order chi connectivity index (χ1) is 7.81. The van der Waals surface area contributed by atoms with Gasteiger partial charge >= 0.3 is 0 Å². The average molecular weight is 250 g/mol. The highest BCUT2D eigenvalue weighted by Gasteiger charge is 2.05. The Bertz CT molecular complexity index is 517. The predicted octanol–water partition coefficient (Wildman–Crippen LogP) is 3.28. The lowest BCUT2D eigenvalue weighted by Gasteiger charge is -2.07. The van der Waals surface area contributed by atoms with Gasteiger partial charge in [-0.25, -0.2) is 4.98 Å². The largest absolute Gasteiger partial charge is 0.377 e. The molecule has 1 aromatic heterocycles. The van der Waals surface area contributed by atoms with Crippen molar-refractivity contribution in [1.29, 1.82) is 5.26 Å². The minimum Gasteiger partial charge on any atom is -0.377 e. The predicted molar refractivity (Wildman–Crippen MR) is 65.6 cm³/mol. The molecule has 0 fully saturated rings. The van der Waals surface area contributed by atoms with Crippen LogP contribution in [0.25, 0.3) is 0 Å². The van der Waals surface area contributed by atoms with Crippen molar-refractivity contribution >= 4 is 28.6 Å². The summed E-state index contributed by atoms with van der Waals surface area (Å²) in [6, 6.07) is 7.43. The summed E-state index contributed by atoms with van der Waals surface area (Å²) in [6.07, 6.45) is 1.75. The number of nitrogens with zero attached hydrogens (tertiary/aromatic N) is 2. The molecule has 0 aliphatic heterocycles. The van der Waals surface area contributed by atoms with Crippen molar-refractivity contribution < 1.29 is 0 Å². The van der Waals surface area contributed by atoms with Crippen LogP contribution in [0.4, 0.5) is 5.69 Å². The van der Waals surface area contributed by atoms with Gasteiger partial charge in [0.05, 0.1) is 22.8 Å². The molecule has 0 aliphatic carbocycles. The summed E-state index contributed by atoms with van der Waals surface area (Å²) in [5.74, 6) is 0. The van der Waals surface area contributed by atoms with Crippen LogP contribution in [-0.4, -0.2) is 4.98 Å². The van der Waals surface area contributed by atoms with Crippen LogP contribution in [0.2, 0.25) is 5.02 Å². The zero-order chi connectivity index (χ0) is 11.4. The third kappa shape index (κ3) is 2.32. The number of hydrogen-bond acceptors (Lipinski definition) is 4. The zero-order valence-corrected chi connectivity index (χ0v) is 9.85. The molecule has 1 aromatic carbocycles. The standard InChI is InChI=1S/C11H8ClN3S/c12-9-2-1-3-10(8(9)6-13)15-7-11-14-4-5-16-11/h1-5,15H,7H2. The van der Waals surface area contributed by atoms with Gasteiger partial charge in [-0.15, -0.1) is 11.3 Å². The Labute approximate surface area is 102 Å². The van der Waals surface area contributed by atoms with Gasteiger partial charge in [0, 0.05) is 11.6 Å². The lowest BCUT2D eigenvalue weighted by Crippen LogP contribution is -2.00. The van der Waals surface area contributed by atoms with Gasteiger partial charge in [0.25, 0.3) is 0 Å². The highest BCUT2D eigenvalue weighted by Crippen LogP contribution is 2.23. The van der Waals surface area contributed by atoms with Crippen molar-refractivity contribution in [2.45, 2.75) is 6.54 Å². The summed E-state index contributed by atoms with van der Waals surface area (Å²) < 4.78 is 0. The van der Waals surface area contributed by atoms with Crippen molar-refractivity contribution in [3.63, 3.8) is 0 Å². The molecule has 2 rings (SSSR count). The number of aromatic nitrogens is 1. The Morgan fingerprint density at radius 3 is 3.06 bits per heavy atom. The van der Waals surface area contributed by atoms with Crippen LogP contribution in [-0.2, 0) is 6.54 Å². The van der Waals surface area contributed by atoms with Gasteiger partial charge in [-0.3, -0.25) is 0 Å². The van der Waals surface area contributed by atoms with Crippen molar-refractivity contribution in [3.05, 3.63) is 45.4 Å². The minimum absolute atomic E-state index is 0.464. The van der Waals surface area contributed by atoms with Crippen LogP contribution in [0.1, 0.15) is 10.6 Å². The number of anilines is 1. The fourth-order valence-corrected chi connectivity index (χ4v) is 2.07. The van der Waals surface area contributed by atoms with Gasteiger partial charge in [-0.2, -0.15) is 5.26 Å². The van der Waals surface area contributed by atoms with Crippen LogP contribution >= 0.6 is 22.9 Å². The Morgan fingerprint density at radius 2 is 2.38 bits per heavy atom. The van der Waals surface area contributed by atoms with Crippen LogP contribution < -0.4 is 5.32 Å². The second-order valence-electron chi connectivity index (χ2n) is 3.05. The molecule has 0 spiro atoms. The molecule has 0 unspecified atom stereocenters. The lowest BCUT2D eigenvalue weighted by molar-refractivity contribution is 1.10. The van der Waals surface area contributed by atoms with Crippen molar-refractivity contribution in [3.8, 4) is 6.07 Å². The highest BCUT2D eigenvalue weighted by molar-refractivity contribution is 7.09. The molecule has 5 heteroatoms. The van der Waals surface area contributed by atoms with E-state index in [0.29, 0.717) is 17.1 Å².